The molecule has 0 spiro atoms. The van der Waals surface area contributed by atoms with E-state index in [1.807, 2.05) is 24.3 Å². The van der Waals surface area contributed by atoms with Crippen LogP contribution in [0.15, 0.2) is 42.9 Å². The van der Waals surface area contributed by atoms with Gasteiger partial charge >= 0.3 is 6.09 Å². The Bertz CT molecular complexity index is 1490. The number of ether oxygens (including phenoxy) is 3. The fourth-order valence-corrected chi connectivity index (χ4v) is 5.41. The lowest BCUT2D eigenvalue weighted by atomic mass is 9.85. The lowest BCUT2D eigenvalue weighted by Crippen LogP contribution is -2.40. The Morgan fingerprint density at radius 1 is 1.03 bits per heavy atom. The number of carbonyl (C=O) groups is 1. The SMILES string of the molecule is COc1cc2ncc3c(N)nc(-c4cncc(OC[C@H](CC5CCCCC5)NC(=O)O)c4)cc3c2cc1OC. The average Bonchev–Trinajstić information content (AvgIpc) is 2.95. The Morgan fingerprint density at radius 2 is 1.79 bits per heavy atom. The van der Waals surface area contributed by atoms with Gasteiger partial charge in [-0.25, -0.2) is 9.78 Å². The topological polar surface area (TPSA) is 142 Å². The summed E-state index contributed by atoms with van der Waals surface area (Å²) in [5, 5.41) is 14.4. The van der Waals surface area contributed by atoms with Gasteiger partial charge in [0.25, 0.3) is 0 Å². The quantitative estimate of drug-likeness (QED) is 0.241. The van der Waals surface area contributed by atoms with Crippen LogP contribution in [0, 0.1) is 5.92 Å². The zero-order chi connectivity index (χ0) is 27.4. The van der Waals surface area contributed by atoms with Gasteiger partial charge in [-0.3, -0.25) is 9.97 Å². The maximum Gasteiger partial charge on any atom is 0.404 e. The van der Waals surface area contributed by atoms with Crippen LogP contribution in [0.1, 0.15) is 38.5 Å². The van der Waals surface area contributed by atoms with Crippen LogP contribution >= 0.6 is 0 Å². The maximum absolute atomic E-state index is 11.4. The number of hydrogen-bond acceptors (Lipinski definition) is 8. The Labute approximate surface area is 226 Å². The molecular weight excluding hydrogens is 498 g/mol. The molecule has 0 bridgehead atoms. The Balaban J connectivity index is 1.43. The number of nitrogens with two attached hydrogens (primary N) is 1. The smallest absolute Gasteiger partial charge is 0.404 e. The summed E-state index contributed by atoms with van der Waals surface area (Å²) in [6.45, 7) is 0.221. The summed E-state index contributed by atoms with van der Waals surface area (Å²) < 4.78 is 17.0. The van der Waals surface area contributed by atoms with E-state index in [1.165, 1.54) is 19.3 Å². The second-order valence-corrected chi connectivity index (χ2v) is 9.94. The highest BCUT2D eigenvalue weighted by molar-refractivity contribution is 6.10. The van der Waals surface area contributed by atoms with Crippen molar-refractivity contribution in [3.63, 3.8) is 0 Å². The lowest BCUT2D eigenvalue weighted by Gasteiger charge is -2.26. The van der Waals surface area contributed by atoms with Gasteiger partial charge in [0.15, 0.2) is 11.5 Å². The number of pyridine rings is 3. The average molecular weight is 532 g/mol. The number of methoxy groups -OCH3 is 2. The first-order valence-electron chi connectivity index (χ1n) is 13.1. The number of hydrogen-bond donors (Lipinski definition) is 3. The van der Waals surface area contributed by atoms with Crippen molar-refractivity contribution < 1.29 is 24.1 Å². The Kier molecular flexibility index (Phi) is 7.81. The van der Waals surface area contributed by atoms with Gasteiger partial charge in [-0.05, 0) is 35.9 Å². The van der Waals surface area contributed by atoms with Gasteiger partial charge in [0.05, 0.1) is 37.7 Å². The minimum Gasteiger partial charge on any atom is -0.493 e. The van der Waals surface area contributed by atoms with Gasteiger partial charge in [0, 0.05) is 34.8 Å². The molecule has 39 heavy (non-hydrogen) atoms. The molecule has 0 unspecified atom stereocenters. The zero-order valence-corrected chi connectivity index (χ0v) is 22.1. The van der Waals surface area contributed by atoms with E-state index in [0.717, 1.165) is 46.5 Å². The highest BCUT2D eigenvalue weighted by Crippen LogP contribution is 2.37. The summed E-state index contributed by atoms with van der Waals surface area (Å²) in [6, 6.07) is 7.20. The van der Waals surface area contributed by atoms with E-state index in [4.69, 9.17) is 19.9 Å². The van der Waals surface area contributed by atoms with Crippen molar-refractivity contribution in [3.8, 4) is 28.5 Å². The molecule has 1 saturated carbocycles. The number of nitrogen functional groups attached to an aromatic ring is 1. The minimum absolute atomic E-state index is 0.221. The van der Waals surface area contributed by atoms with E-state index in [2.05, 4.69) is 20.3 Å². The number of nitrogens with zero attached hydrogens (tertiary/aromatic N) is 3. The standard InChI is InChI=1S/C29H33N5O5/c1-37-26-11-22-21-10-24(34-28(30)23(21)15-32-25(22)12-27(26)38-2)18-9-20(14-31-13-18)39-16-19(33-29(35)36)8-17-6-4-3-5-7-17/h9-15,17,19,33H,3-8,16H2,1-2H3,(H2,30,34)(H,35,36)/t19-/m0/s1. The van der Waals surface area contributed by atoms with Crippen LogP contribution in [-0.2, 0) is 0 Å². The summed E-state index contributed by atoms with van der Waals surface area (Å²) in [5.41, 5.74) is 8.45. The molecule has 0 radical (unpaired) electrons. The number of aromatic nitrogens is 3. The van der Waals surface area contributed by atoms with Crippen molar-refractivity contribution in [2.45, 2.75) is 44.6 Å². The molecule has 3 aromatic heterocycles. The van der Waals surface area contributed by atoms with E-state index in [9.17, 15) is 9.90 Å². The van der Waals surface area contributed by atoms with Crippen molar-refractivity contribution in [1.82, 2.24) is 20.3 Å². The third-order valence-corrected chi connectivity index (χ3v) is 7.34. The van der Waals surface area contributed by atoms with Gasteiger partial charge in [0.1, 0.15) is 18.2 Å². The van der Waals surface area contributed by atoms with Crippen LogP contribution in [0.25, 0.3) is 32.9 Å². The molecule has 3 heterocycles. The molecule has 0 saturated heterocycles. The molecule has 10 nitrogen and oxygen atoms in total. The van der Waals surface area contributed by atoms with Crippen LogP contribution in [0.3, 0.4) is 0 Å². The number of benzene rings is 1. The first-order chi connectivity index (χ1) is 18.9. The van der Waals surface area contributed by atoms with Crippen LogP contribution in [0.2, 0.25) is 0 Å². The summed E-state index contributed by atoms with van der Waals surface area (Å²) in [4.78, 5) is 24.9. The van der Waals surface area contributed by atoms with Crippen molar-refractivity contribution in [3.05, 3.63) is 42.9 Å². The fraction of sp³-hybridized carbons (Fsp3) is 0.379. The third kappa shape index (κ3) is 5.89. The van der Waals surface area contributed by atoms with Crippen LogP contribution in [-0.4, -0.2) is 53.0 Å². The molecule has 1 amide bonds. The van der Waals surface area contributed by atoms with E-state index in [-0.39, 0.29) is 12.6 Å². The molecular formula is C29H33N5O5. The predicted molar refractivity (Wildman–Crippen MR) is 149 cm³/mol. The molecule has 0 aliphatic heterocycles. The van der Waals surface area contributed by atoms with Crippen molar-refractivity contribution in [1.29, 1.82) is 0 Å². The molecule has 4 N–H and O–H groups in total. The molecule has 1 atom stereocenters. The maximum atomic E-state index is 11.4. The van der Waals surface area contributed by atoms with Crippen LogP contribution in [0.5, 0.6) is 17.2 Å². The van der Waals surface area contributed by atoms with Gasteiger partial charge < -0.3 is 30.4 Å². The highest BCUT2D eigenvalue weighted by atomic mass is 16.5. The van der Waals surface area contributed by atoms with Gasteiger partial charge in [-0.2, -0.15) is 0 Å². The minimum atomic E-state index is -1.04. The predicted octanol–water partition coefficient (Wildman–Crippen LogP) is 5.43. The second-order valence-electron chi connectivity index (χ2n) is 9.94. The van der Waals surface area contributed by atoms with Crippen LogP contribution in [0.4, 0.5) is 10.6 Å². The molecule has 10 heteroatoms. The second kappa shape index (κ2) is 11.6. The molecule has 4 aromatic rings. The van der Waals surface area contributed by atoms with Gasteiger partial charge in [0.2, 0.25) is 0 Å². The van der Waals surface area contributed by atoms with E-state index < -0.39 is 6.09 Å². The zero-order valence-electron chi connectivity index (χ0n) is 22.1. The highest BCUT2D eigenvalue weighted by Gasteiger charge is 2.21. The molecule has 1 aromatic carbocycles. The number of amides is 1. The Hall–Kier alpha value is -4.34. The normalized spacial score (nSPS) is 14.7. The van der Waals surface area contributed by atoms with Gasteiger partial charge in [-0.15, -0.1) is 0 Å². The number of fused-ring (bicyclic) bond motifs is 3. The number of anilines is 1. The summed E-state index contributed by atoms with van der Waals surface area (Å²) >= 11 is 0. The number of carboxylic acid groups (broad SMARTS) is 1. The number of nitrogens with one attached hydrogen (secondary N) is 1. The van der Waals surface area contributed by atoms with Crippen molar-refractivity contribution in [2.75, 3.05) is 26.6 Å². The van der Waals surface area contributed by atoms with E-state index in [1.54, 1.807) is 32.8 Å². The molecule has 1 fully saturated rings. The molecule has 5 rings (SSSR count). The Morgan fingerprint density at radius 3 is 2.54 bits per heavy atom. The molecule has 1 aliphatic rings. The summed E-state index contributed by atoms with van der Waals surface area (Å²) in [6.07, 6.45) is 10.6. The first-order valence-corrected chi connectivity index (χ1v) is 13.1. The molecule has 204 valence electrons. The monoisotopic (exact) mass is 531 g/mol. The number of rotatable bonds is 9. The van der Waals surface area contributed by atoms with Crippen LogP contribution < -0.4 is 25.3 Å². The first kappa shape index (κ1) is 26.3. The fourth-order valence-electron chi connectivity index (χ4n) is 5.41. The largest absolute Gasteiger partial charge is 0.493 e. The van der Waals surface area contributed by atoms with E-state index in [0.29, 0.717) is 34.7 Å². The lowest BCUT2D eigenvalue weighted by molar-refractivity contribution is 0.171. The van der Waals surface area contributed by atoms with Gasteiger partial charge in [-0.1, -0.05) is 32.1 Å². The van der Waals surface area contributed by atoms with Crippen molar-refractivity contribution >= 4 is 33.6 Å². The molecule has 1 aliphatic carbocycles. The van der Waals surface area contributed by atoms with Crippen molar-refractivity contribution in [2.24, 2.45) is 5.92 Å². The summed E-state index contributed by atoms with van der Waals surface area (Å²) in [5.74, 6) is 2.56. The summed E-state index contributed by atoms with van der Waals surface area (Å²) in [7, 11) is 3.18. The third-order valence-electron chi connectivity index (χ3n) is 7.34. The van der Waals surface area contributed by atoms with E-state index >= 15 is 0 Å².